The number of hydrogen-bond acceptors (Lipinski definition) is 4. The molecule has 0 aromatic carbocycles. The van der Waals surface area contributed by atoms with Gasteiger partial charge < -0.3 is 10.6 Å². The molecule has 0 saturated heterocycles. The van der Waals surface area contributed by atoms with Crippen LogP contribution in [0.3, 0.4) is 0 Å². The van der Waals surface area contributed by atoms with Crippen molar-refractivity contribution in [2.24, 2.45) is 0 Å². The van der Waals surface area contributed by atoms with Crippen LogP contribution < -0.4 is 10.6 Å². The Morgan fingerprint density at radius 3 is 2.64 bits per heavy atom. The van der Waals surface area contributed by atoms with Crippen molar-refractivity contribution in [3.8, 4) is 0 Å². The van der Waals surface area contributed by atoms with E-state index in [0.29, 0.717) is 11.9 Å². The zero-order valence-electron chi connectivity index (χ0n) is 9.07. The van der Waals surface area contributed by atoms with Crippen molar-refractivity contribution >= 4 is 11.6 Å². The fourth-order valence-corrected chi connectivity index (χ4v) is 1.39. The van der Waals surface area contributed by atoms with Gasteiger partial charge in [0.2, 0.25) is 0 Å². The number of rotatable bonds is 4. The summed E-state index contributed by atoms with van der Waals surface area (Å²) in [5, 5.41) is 0. The molecule has 4 heteroatoms. The largest absolute Gasteiger partial charge is 0.382 e. The summed E-state index contributed by atoms with van der Waals surface area (Å²) >= 11 is 0. The number of nitrogen functional groups attached to an aromatic ring is 1. The first-order chi connectivity index (χ1) is 6.65. The summed E-state index contributed by atoms with van der Waals surface area (Å²) in [6.45, 7) is 7.41. The van der Waals surface area contributed by atoms with Gasteiger partial charge in [0.1, 0.15) is 11.6 Å². The highest BCUT2D eigenvalue weighted by Gasteiger charge is 2.10. The third-order valence-electron chi connectivity index (χ3n) is 2.02. The predicted octanol–water partition coefficient (Wildman–Crippen LogP) is 1.68. The minimum Gasteiger partial charge on any atom is -0.382 e. The SMILES string of the molecule is CCCN(c1cncc(N)n1)C(C)C. The van der Waals surface area contributed by atoms with Crippen molar-refractivity contribution in [2.75, 3.05) is 17.2 Å². The van der Waals surface area contributed by atoms with Crippen LogP contribution in [0.2, 0.25) is 0 Å². The molecule has 0 aliphatic carbocycles. The molecule has 0 fully saturated rings. The van der Waals surface area contributed by atoms with E-state index in [4.69, 9.17) is 5.73 Å². The lowest BCUT2D eigenvalue weighted by Crippen LogP contribution is -2.32. The van der Waals surface area contributed by atoms with Crippen molar-refractivity contribution in [1.82, 2.24) is 9.97 Å². The highest BCUT2D eigenvalue weighted by molar-refractivity contribution is 5.42. The van der Waals surface area contributed by atoms with Gasteiger partial charge in [-0.25, -0.2) is 4.98 Å². The highest BCUT2D eigenvalue weighted by Crippen LogP contribution is 2.14. The van der Waals surface area contributed by atoms with Crippen molar-refractivity contribution in [1.29, 1.82) is 0 Å². The zero-order valence-corrected chi connectivity index (χ0v) is 9.07. The second-order valence-electron chi connectivity index (χ2n) is 3.59. The molecular weight excluding hydrogens is 176 g/mol. The Morgan fingerprint density at radius 1 is 1.43 bits per heavy atom. The molecule has 1 heterocycles. The summed E-state index contributed by atoms with van der Waals surface area (Å²) in [5.41, 5.74) is 5.59. The van der Waals surface area contributed by atoms with E-state index in [-0.39, 0.29) is 0 Å². The van der Waals surface area contributed by atoms with Crippen LogP contribution in [-0.2, 0) is 0 Å². The fraction of sp³-hybridized carbons (Fsp3) is 0.600. The maximum atomic E-state index is 5.59. The average Bonchev–Trinajstić information content (AvgIpc) is 2.13. The van der Waals surface area contributed by atoms with E-state index in [9.17, 15) is 0 Å². The molecule has 0 saturated carbocycles. The van der Waals surface area contributed by atoms with Gasteiger partial charge in [-0.2, -0.15) is 0 Å². The molecule has 1 aromatic rings. The summed E-state index contributed by atoms with van der Waals surface area (Å²) in [6.07, 6.45) is 4.41. The van der Waals surface area contributed by atoms with Crippen molar-refractivity contribution in [2.45, 2.75) is 33.2 Å². The molecule has 1 aromatic heterocycles. The zero-order chi connectivity index (χ0) is 10.6. The summed E-state index contributed by atoms with van der Waals surface area (Å²) in [7, 11) is 0. The van der Waals surface area contributed by atoms with Gasteiger partial charge in [-0.15, -0.1) is 0 Å². The van der Waals surface area contributed by atoms with Crippen LogP contribution in [0.1, 0.15) is 27.2 Å². The summed E-state index contributed by atoms with van der Waals surface area (Å²) in [4.78, 5) is 10.5. The average molecular weight is 194 g/mol. The summed E-state index contributed by atoms with van der Waals surface area (Å²) in [5.74, 6) is 1.34. The Hall–Kier alpha value is -1.32. The fourth-order valence-electron chi connectivity index (χ4n) is 1.39. The van der Waals surface area contributed by atoms with E-state index in [1.165, 1.54) is 0 Å². The molecule has 0 unspecified atom stereocenters. The maximum Gasteiger partial charge on any atom is 0.149 e. The van der Waals surface area contributed by atoms with Crippen molar-refractivity contribution < 1.29 is 0 Å². The van der Waals surface area contributed by atoms with E-state index >= 15 is 0 Å². The lowest BCUT2D eigenvalue weighted by Gasteiger charge is -2.27. The van der Waals surface area contributed by atoms with Crippen LogP contribution in [0.15, 0.2) is 12.4 Å². The topological polar surface area (TPSA) is 55.0 Å². The van der Waals surface area contributed by atoms with Crippen LogP contribution in [0.5, 0.6) is 0 Å². The van der Waals surface area contributed by atoms with Crippen LogP contribution in [-0.4, -0.2) is 22.6 Å². The summed E-state index contributed by atoms with van der Waals surface area (Å²) in [6, 6.07) is 0.422. The van der Waals surface area contributed by atoms with Gasteiger partial charge in [0.15, 0.2) is 0 Å². The molecule has 0 radical (unpaired) electrons. The van der Waals surface area contributed by atoms with E-state index in [1.54, 1.807) is 12.4 Å². The number of nitrogens with zero attached hydrogens (tertiary/aromatic N) is 3. The highest BCUT2D eigenvalue weighted by atomic mass is 15.2. The first kappa shape index (κ1) is 10.8. The second-order valence-corrected chi connectivity index (χ2v) is 3.59. The van der Waals surface area contributed by atoms with Gasteiger partial charge in [-0.1, -0.05) is 6.92 Å². The molecule has 0 aliphatic heterocycles. The van der Waals surface area contributed by atoms with Crippen LogP contribution in [0.25, 0.3) is 0 Å². The first-order valence-electron chi connectivity index (χ1n) is 4.99. The van der Waals surface area contributed by atoms with E-state index in [2.05, 4.69) is 35.6 Å². The molecule has 14 heavy (non-hydrogen) atoms. The molecule has 0 aliphatic rings. The normalized spacial score (nSPS) is 10.6. The third-order valence-corrected chi connectivity index (χ3v) is 2.02. The maximum absolute atomic E-state index is 5.59. The Kier molecular flexibility index (Phi) is 3.68. The van der Waals surface area contributed by atoms with Crippen molar-refractivity contribution in [3.63, 3.8) is 0 Å². The Labute approximate surface area is 85.2 Å². The van der Waals surface area contributed by atoms with E-state index < -0.39 is 0 Å². The smallest absolute Gasteiger partial charge is 0.149 e. The standard InChI is InChI=1S/C10H18N4/c1-4-5-14(8(2)3)10-7-12-6-9(11)13-10/h6-8H,4-5H2,1-3H3,(H2,11,13). The van der Waals surface area contributed by atoms with Gasteiger partial charge in [0.25, 0.3) is 0 Å². The number of anilines is 2. The molecule has 0 amide bonds. The van der Waals surface area contributed by atoms with Gasteiger partial charge in [-0.05, 0) is 20.3 Å². The minimum absolute atomic E-state index is 0.422. The van der Waals surface area contributed by atoms with Crippen LogP contribution >= 0.6 is 0 Å². The summed E-state index contributed by atoms with van der Waals surface area (Å²) < 4.78 is 0. The molecule has 0 atom stereocenters. The first-order valence-corrected chi connectivity index (χ1v) is 4.99. The molecular formula is C10H18N4. The molecule has 0 bridgehead atoms. The van der Waals surface area contributed by atoms with Gasteiger partial charge in [-0.3, -0.25) is 4.98 Å². The molecule has 78 valence electrons. The van der Waals surface area contributed by atoms with Crippen molar-refractivity contribution in [3.05, 3.63) is 12.4 Å². The number of aromatic nitrogens is 2. The molecule has 1 rings (SSSR count). The minimum atomic E-state index is 0.422. The molecule has 0 spiro atoms. The van der Waals surface area contributed by atoms with Gasteiger partial charge >= 0.3 is 0 Å². The van der Waals surface area contributed by atoms with Gasteiger partial charge in [0, 0.05) is 12.6 Å². The number of nitrogens with two attached hydrogens (primary N) is 1. The van der Waals surface area contributed by atoms with Crippen LogP contribution in [0.4, 0.5) is 11.6 Å². The lowest BCUT2D eigenvalue weighted by molar-refractivity contribution is 0.661. The Morgan fingerprint density at radius 2 is 2.14 bits per heavy atom. The lowest BCUT2D eigenvalue weighted by atomic mass is 10.3. The second kappa shape index (κ2) is 4.79. The van der Waals surface area contributed by atoms with E-state index in [1.807, 2.05) is 0 Å². The predicted molar refractivity (Wildman–Crippen MR) is 59.2 cm³/mol. The Balaban J connectivity index is 2.87. The quantitative estimate of drug-likeness (QED) is 0.792. The third kappa shape index (κ3) is 2.58. The van der Waals surface area contributed by atoms with Crippen LogP contribution in [0, 0.1) is 0 Å². The molecule has 2 N–H and O–H groups in total. The Bertz CT molecular complexity index is 285. The monoisotopic (exact) mass is 194 g/mol. The number of hydrogen-bond donors (Lipinski definition) is 1. The van der Waals surface area contributed by atoms with Gasteiger partial charge in [0.05, 0.1) is 12.4 Å². The van der Waals surface area contributed by atoms with E-state index in [0.717, 1.165) is 18.8 Å². The molecule has 4 nitrogen and oxygen atoms in total.